The predicted molar refractivity (Wildman–Crippen MR) is 72.8 cm³/mol. The number of halogens is 1. The van der Waals surface area contributed by atoms with Crippen LogP contribution in [0.15, 0.2) is 18.2 Å². The molecular weight excluding hydrogens is 270 g/mol. The fourth-order valence-electron chi connectivity index (χ4n) is 1.65. The minimum Gasteiger partial charge on any atom is -0.369 e. The first-order valence-corrected chi connectivity index (χ1v) is 6.14. The standard InChI is InChI=1S/C12H16ClN3O3/c1-8(2)15(7-12(14)17)6-9-3-4-10(13)11(5-9)16(18)19/h3-5,8H,6-7H2,1-2H3,(H2,14,17). The van der Waals surface area contributed by atoms with E-state index >= 15 is 0 Å². The summed E-state index contributed by atoms with van der Waals surface area (Å²) in [4.78, 5) is 23.1. The van der Waals surface area contributed by atoms with Crippen LogP contribution in [0.25, 0.3) is 0 Å². The van der Waals surface area contributed by atoms with Crippen molar-refractivity contribution in [3.05, 3.63) is 38.9 Å². The van der Waals surface area contributed by atoms with Crippen LogP contribution in [-0.2, 0) is 11.3 Å². The molecule has 6 nitrogen and oxygen atoms in total. The first-order valence-electron chi connectivity index (χ1n) is 5.76. The van der Waals surface area contributed by atoms with E-state index in [2.05, 4.69) is 0 Å². The van der Waals surface area contributed by atoms with Gasteiger partial charge in [-0.2, -0.15) is 0 Å². The Labute approximate surface area is 116 Å². The van der Waals surface area contributed by atoms with Gasteiger partial charge in [-0.25, -0.2) is 0 Å². The van der Waals surface area contributed by atoms with Crippen molar-refractivity contribution in [1.29, 1.82) is 0 Å². The molecule has 0 heterocycles. The van der Waals surface area contributed by atoms with Gasteiger partial charge in [0.15, 0.2) is 0 Å². The van der Waals surface area contributed by atoms with E-state index in [0.29, 0.717) is 12.1 Å². The lowest BCUT2D eigenvalue weighted by Crippen LogP contribution is -2.37. The van der Waals surface area contributed by atoms with Gasteiger partial charge in [-0.3, -0.25) is 19.8 Å². The molecule has 0 aromatic heterocycles. The van der Waals surface area contributed by atoms with Gasteiger partial charge in [0.1, 0.15) is 5.02 Å². The number of carbonyl (C=O) groups is 1. The molecule has 0 spiro atoms. The normalized spacial score (nSPS) is 11.0. The molecule has 0 unspecified atom stereocenters. The van der Waals surface area contributed by atoms with E-state index in [9.17, 15) is 14.9 Å². The van der Waals surface area contributed by atoms with E-state index in [1.807, 2.05) is 18.7 Å². The number of nitrogens with zero attached hydrogens (tertiary/aromatic N) is 2. The van der Waals surface area contributed by atoms with E-state index in [1.165, 1.54) is 12.1 Å². The average molecular weight is 286 g/mol. The smallest absolute Gasteiger partial charge is 0.288 e. The van der Waals surface area contributed by atoms with E-state index in [4.69, 9.17) is 17.3 Å². The molecule has 0 saturated carbocycles. The van der Waals surface area contributed by atoms with Crippen LogP contribution in [0.4, 0.5) is 5.69 Å². The Morgan fingerprint density at radius 3 is 2.63 bits per heavy atom. The molecule has 1 aromatic rings. The first kappa shape index (κ1) is 15.4. The third kappa shape index (κ3) is 4.50. The Hall–Kier alpha value is -1.66. The fourth-order valence-corrected chi connectivity index (χ4v) is 1.84. The maximum Gasteiger partial charge on any atom is 0.288 e. The zero-order chi connectivity index (χ0) is 14.6. The first-order chi connectivity index (χ1) is 8.81. The molecule has 0 radical (unpaired) electrons. The average Bonchev–Trinajstić information content (AvgIpc) is 2.29. The van der Waals surface area contributed by atoms with E-state index in [-0.39, 0.29) is 23.3 Å². The van der Waals surface area contributed by atoms with Crippen molar-refractivity contribution in [2.75, 3.05) is 6.54 Å². The fraction of sp³-hybridized carbons (Fsp3) is 0.417. The van der Waals surface area contributed by atoms with Crippen LogP contribution >= 0.6 is 11.6 Å². The summed E-state index contributed by atoms with van der Waals surface area (Å²) in [5.41, 5.74) is 5.75. The molecule has 0 bridgehead atoms. The summed E-state index contributed by atoms with van der Waals surface area (Å²) in [5, 5.41) is 10.9. The van der Waals surface area contributed by atoms with E-state index in [0.717, 1.165) is 0 Å². The summed E-state index contributed by atoms with van der Waals surface area (Å²) in [6.07, 6.45) is 0. The number of rotatable bonds is 6. The van der Waals surface area contributed by atoms with Crippen LogP contribution in [-0.4, -0.2) is 28.3 Å². The highest BCUT2D eigenvalue weighted by Gasteiger charge is 2.16. The van der Waals surface area contributed by atoms with Crippen molar-refractivity contribution in [2.24, 2.45) is 5.73 Å². The highest BCUT2D eigenvalue weighted by molar-refractivity contribution is 6.32. The number of benzene rings is 1. The molecule has 104 valence electrons. The molecule has 0 aliphatic rings. The second-order valence-electron chi connectivity index (χ2n) is 4.51. The molecule has 2 N–H and O–H groups in total. The van der Waals surface area contributed by atoms with Crippen LogP contribution in [0.5, 0.6) is 0 Å². The third-order valence-corrected chi connectivity index (χ3v) is 3.00. The maximum absolute atomic E-state index is 11.0. The molecule has 0 saturated heterocycles. The Balaban J connectivity index is 2.93. The van der Waals surface area contributed by atoms with Crippen LogP contribution in [0.2, 0.25) is 5.02 Å². The zero-order valence-corrected chi connectivity index (χ0v) is 11.6. The molecule has 1 aromatic carbocycles. The number of primary amides is 1. The van der Waals surface area contributed by atoms with Gasteiger partial charge in [0.25, 0.3) is 5.69 Å². The van der Waals surface area contributed by atoms with Gasteiger partial charge >= 0.3 is 0 Å². The highest BCUT2D eigenvalue weighted by atomic mass is 35.5. The Kier molecular flexibility index (Phi) is 5.26. The van der Waals surface area contributed by atoms with Gasteiger partial charge in [-0.05, 0) is 25.5 Å². The number of nitro groups is 1. The predicted octanol–water partition coefficient (Wildman–Crippen LogP) is 1.94. The van der Waals surface area contributed by atoms with Crippen LogP contribution in [0, 0.1) is 10.1 Å². The summed E-state index contributed by atoms with van der Waals surface area (Å²) < 4.78 is 0. The molecule has 1 rings (SSSR count). The largest absolute Gasteiger partial charge is 0.369 e. The number of carbonyl (C=O) groups excluding carboxylic acids is 1. The highest BCUT2D eigenvalue weighted by Crippen LogP contribution is 2.25. The molecule has 0 aliphatic heterocycles. The van der Waals surface area contributed by atoms with Crippen LogP contribution < -0.4 is 5.73 Å². The maximum atomic E-state index is 11.0. The van der Waals surface area contributed by atoms with Crippen molar-refractivity contribution in [2.45, 2.75) is 26.4 Å². The molecule has 1 amide bonds. The molecular formula is C12H16ClN3O3. The van der Waals surface area contributed by atoms with Crippen molar-refractivity contribution >= 4 is 23.2 Å². The Morgan fingerprint density at radius 2 is 2.16 bits per heavy atom. The zero-order valence-electron chi connectivity index (χ0n) is 10.8. The number of hydrogen-bond acceptors (Lipinski definition) is 4. The summed E-state index contributed by atoms with van der Waals surface area (Å²) >= 11 is 5.75. The van der Waals surface area contributed by atoms with Gasteiger partial charge < -0.3 is 5.73 Å². The molecule has 7 heteroatoms. The third-order valence-electron chi connectivity index (χ3n) is 2.68. The van der Waals surface area contributed by atoms with Gasteiger partial charge in [-0.1, -0.05) is 17.7 Å². The van der Waals surface area contributed by atoms with Gasteiger partial charge in [-0.15, -0.1) is 0 Å². The van der Waals surface area contributed by atoms with Gasteiger partial charge in [0, 0.05) is 18.7 Å². The summed E-state index contributed by atoms with van der Waals surface area (Å²) in [5.74, 6) is -0.433. The summed E-state index contributed by atoms with van der Waals surface area (Å²) in [6.45, 7) is 4.35. The summed E-state index contributed by atoms with van der Waals surface area (Å²) in [6, 6.07) is 4.70. The molecule has 0 atom stereocenters. The molecule has 0 fully saturated rings. The lowest BCUT2D eigenvalue weighted by molar-refractivity contribution is -0.384. The topological polar surface area (TPSA) is 89.5 Å². The van der Waals surface area contributed by atoms with Crippen molar-refractivity contribution in [3.63, 3.8) is 0 Å². The lowest BCUT2D eigenvalue weighted by atomic mass is 10.1. The number of amides is 1. The van der Waals surface area contributed by atoms with Crippen molar-refractivity contribution < 1.29 is 9.72 Å². The van der Waals surface area contributed by atoms with Gasteiger partial charge in [0.2, 0.25) is 5.91 Å². The van der Waals surface area contributed by atoms with E-state index in [1.54, 1.807) is 6.07 Å². The SMILES string of the molecule is CC(C)N(CC(N)=O)Cc1ccc(Cl)c([N+](=O)[O-])c1. The second kappa shape index (κ2) is 6.49. The molecule has 19 heavy (non-hydrogen) atoms. The number of nitro benzene ring substituents is 1. The van der Waals surface area contributed by atoms with Crippen LogP contribution in [0.1, 0.15) is 19.4 Å². The van der Waals surface area contributed by atoms with Crippen LogP contribution in [0.3, 0.4) is 0 Å². The second-order valence-corrected chi connectivity index (χ2v) is 4.92. The minimum atomic E-state index is -0.528. The quantitative estimate of drug-likeness (QED) is 0.639. The Bertz CT molecular complexity index is 491. The van der Waals surface area contributed by atoms with Crippen molar-refractivity contribution in [3.8, 4) is 0 Å². The lowest BCUT2D eigenvalue weighted by Gasteiger charge is -2.24. The van der Waals surface area contributed by atoms with E-state index < -0.39 is 10.8 Å². The van der Waals surface area contributed by atoms with Crippen molar-refractivity contribution in [1.82, 2.24) is 4.90 Å². The number of nitrogens with two attached hydrogens (primary N) is 1. The minimum absolute atomic E-state index is 0.0970. The Morgan fingerprint density at radius 1 is 1.53 bits per heavy atom. The number of hydrogen-bond donors (Lipinski definition) is 1. The van der Waals surface area contributed by atoms with Gasteiger partial charge in [0.05, 0.1) is 11.5 Å². The molecule has 0 aliphatic carbocycles. The monoisotopic (exact) mass is 285 g/mol. The summed E-state index contributed by atoms with van der Waals surface area (Å²) in [7, 11) is 0.